The second-order valence-electron chi connectivity index (χ2n) is 6.26. The summed E-state index contributed by atoms with van der Waals surface area (Å²) in [4.78, 5) is 4.33. The first kappa shape index (κ1) is 16.7. The number of hydrogen-bond acceptors (Lipinski definition) is 5. The molecule has 24 heavy (non-hydrogen) atoms. The lowest BCUT2D eigenvalue weighted by Crippen LogP contribution is -2.24. The summed E-state index contributed by atoms with van der Waals surface area (Å²) in [5.41, 5.74) is 2.63. The molecule has 0 bridgehead atoms. The van der Waals surface area contributed by atoms with Crippen LogP contribution in [0.3, 0.4) is 0 Å². The highest BCUT2D eigenvalue weighted by molar-refractivity contribution is 6.31. The third-order valence-electron chi connectivity index (χ3n) is 4.39. The van der Waals surface area contributed by atoms with Crippen LogP contribution < -0.4 is 4.90 Å². The summed E-state index contributed by atoms with van der Waals surface area (Å²) >= 11 is 6.32. The summed E-state index contributed by atoms with van der Waals surface area (Å²) in [6.45, 7) is 1.77. The second kappa shape index (κ2) is 7.16. The highest BCUT2D eigenvalue weighted by Gasteiger charge is 2.28. The quantitative estimate of drug-likeness (QED) is 0.853. The Labute approximate surface area is 147 Å². The average Bonchev–Trinajstić information content (AvgIpc) is 3.05. The van der Waals surface area contributed by atoms with Gasteiger partial charge in [0.25, 0.3) is 0 Å². The highest BCUT2D eigenvalue weighted by Crippen LogP contribution is 2.33. The molecule has 2 heterocycles. The summed E-state index contributed by atoms with van der Waals surface area (Å²) in [5, 5.41) is 18.3. The van der Waals surface area contributed by atoms with E-state index in [2.05, 4.69) is 27.2 Å². The minimum atomic E-state index is 0.264. The molecule has 1 aliphatic heterocycles. The van der Waals surface area contributed by atoms with Crippen LogP contribution in [0.2, 0.25) is 5.02 Å². The zero-order valence-electron chi connectivity index (χ0n) is 13.9. The van der Waals surface area contributed by atoms with Gasteiger partial charge in [-0.1, -0.05) is 17.7 Å². The summed E-state index contributed by atoms with van der Waals surface area (Å²) in [7, 11) is 3.91. The fourth-order valence-corrected chi connectivity index (χ4v) is 3.31. The average molecular weight is 342 g/mol. The number of halogens is 1. The van der Waals surface area contributed by atoms with Gasteiger partial charge in [-0.25, -0.2) is 0 Å². The minimum absolute atomic E-state index is 0.264. The number of anilines is 1. The minimum Gasteiger partial charge on any atom is -0.361 e. The Morgan fingerprint density at radius 2 is 2.12 bits per heavy atom. The van der Waals surface area contributed by atoms with E-state index in [4.69, 9.17) is 16.9 Å². The maximum absolute atomic E-state index is 8.95. The standard InChI is InChI=1S/C18H20ClN5/c1-23(2)18-8-7-16(21-22-18)17-4-3-9-24(17)12-14-6-5-13(11-20)10-15(14)19/h5-8,10,17H,3-4,9,12H2,1-2H3. The van der Waals surface area contributed by atoms with E-state index in [1.165, 1.54) is 0 Å². The van der Waals surface area contributed by atoms with Gasteiger partial charge in [-0.2, -0.15) is 10.4 Å². The molecule has 1 fully saturated rings. The predicted molar refractivity (Wildman–Crippen MR) is 94.9 cm³/mol. The van der Waals surface area contributed by atoms with Crippen molar-refractivity contribution < 1.29 is 0 Å². The summed E-state index contributed by atoms with van der Waals surface area (Å²) in [5.74, 6) is 0.860. The molecule has 0 saturated carbocycles. The van der Waals surface area contributed by atoms with E-state index in [1.54, 1.807) is 6.07 Å². The molecule has 124 valence electrons. The van der Waals surface area contributed by atoms with Crippen LogP contribution in [0.25, 0.3) is 0 Å². The molecular formula is C18H20ClN5. The fourth-order valence-electron chi connectivity index (χ4n) is 3.07. The third kappa shape index (κ3) is 3.50. The smallest absolute Gasteiger partial charge is 0.150 e. The van der Waals surface area contributed by atoms with E-state index in [0.717, 1.165) is 43.0 Å². The molecule has 1 aliphatic rings. The first-order chi connectivity index (χ1) is 11.6. The molecule has 1 atom stereocenters. The first-order valence-electron chi connectivity index (χ1n) is 8.02. The number of hydrogen-bond donors (Lipinski definition) is 0. The molecule has 1 saturated heterocycles. The van der Waals surface area contributed by atoms with Crippen LogP contribution in [-0.4, -0.2) is 35.7 Å². The topological polar surface area (TPSA) is 56.0 Å². The van der Waals surface area contributed by atoms with Gasteiger partial charge < -0.3 is 4.90 Å². The van der Waals surface area contributed by atoms with Crippen molar-refractivity contribution in [3.63, 3.8) is 0 Å². The molecule has 1 unspecified atom stereocenters. The number of nitrogens with zero attached hydrogens (tertiary/aromatic N) is 5. The van der Waals surface area contributed by atoms with E-state index >= 15 is 0 Å². The Morgan fingerprint density at radius 1 is 1.29 bits per heavy atom. The normalized spacial score (nSPS) is 17.7. The number of aromatic nitrogens is 2. The fraction of sp³-hybridized carbons (Fsp3) is 0.389. The Balaban J connectivity index is 1.77. The number of benzene rings is 1. The molecule has 6 heteroatoms. The number of likely N-dealkylation sites (tertiary alicyclic amines) is 1. The molecule has 3 rings (SSSR count). The monoisotopic (exact) mass is 341 g/mol. The maximum atomic E-state index is 8.95. The van der Waals surface area contributed by atoms with Gasteiger partial charge >= 0.3 is 0 Å². The van der Waals surface area contributed by atoms with Gasteiger partial charge in [-0.05, 0) is 49.2 Å². The molecule has 5 nitrogen and oxygen atoms in total. The van der Waals surface area contributed by atoms with Crippen LogP contribution in [0.15, 0.2) is 30.3 Å². The SMILES string of the molecule is CN(C)c1ccc(C2CCCN2Cc2ccc(C#N)cc2Cl)nn1. The molecule has 0 aliphatic carbocycles. The van der Waals surface area contributed by atoms with Crippen LogP contribution in [0.5, 0.6) is 0 Å². The van der Waals surface area contributed by atoms with Crippen molar-refractivity contribution in [3.8, 4) is 6.07 Å². The predicted octanol–water partition coefficient (Wildman–Crippen LogP) is 3.40. The van der Waals surface area contributed by atoms with Crippen LogP contribution in [0.4, 0.5) is 5.82 Å². The lowest BCUT2D eigenvalue weighted by molar-refractivity contribution is 0.243. The van der Waals surface area contributed by atoms with Crippen LogP contribution in [-0.2, 0) is 6.54 Å². The molecule has 0 spiro atoms. The zero-order chi connectivity index (χ0) is 17.1. The van der Waals surface area contributed by atoms with Gasteiger partial charge in [-0.15, -0.1) is 5.10 Å². The number of nitriles is 1. The van der Waals surface area contributed by atoms with E-state index in [-0.39, 0.29) is 6.04 Å². The van der Waals surface area contributed by atoms with Crippen molar-refractivity contribution in [3.05, 3.63) is 52.2 Å². The van der Waals surface area contributed by atoms with Crippen LogP contribution in [0.1, 0.15) is 35.7 Å². The molecule has 0 radical (unpaired) electrons. The second-order valence-corrected chi connectivity index (χ2v) is 6.66. The maximum Gasteiger partial charge on any atom is 0.150 e. The van der Waals surface area contributed by atoms with Crippen molar-refractivity contribution >= 4 is 17.4 Å². The largest absolute Gasteiger partial charge is 0.361 e. The molecule has 0 amide bonds. The molecule has 1 aromatic heterocycles. The Morgan fingerprint density at radius 3 is 2.75 bits per heavy atom. The summed E-state index contributed by atoms with van der Waals surface area (Å²) in [6.07, 6.45) is 2.21. The van der Waals surface area contributed by atoms with Crippen LogP contribution >= 0.6 is 11.6 Å². The summed E-state index contributed by atoms with van der Waals surface area (Å²) < 4.78 is 0. The van der Waals surface area contributed by atoms with Crippen molar-refractivity contribution in [2.45, 2.75) is 25.4 Å². The van der Waals surface area contributed by atoms with Crippen molar-refractivity contribution in [2.24, 2.45) is 0 Å². The number of rotatable bonds is 4. The first-order valence-corrected chi connectivity index (χ1v) is 8.40. The highest BCUT2D eigenvalue weighted by atomic mass is 35.5. The van der Waals surface area contributed by atoms with Crippen molar-refractivity contribution in [1.82, 2.24) is 15.1 Å². The lowest BCUT2D eigenvalue weighted by Gasteiger charge is -2.24. The molecule has 0 N–H and O–H groups in total. The Bertz CT molecular complexity index is 751. The molecule has 2 aromatic rings. The Hall–Kier alpha value is -2.16. The Kier molecular flexibility index (Phi) is 4.98. The van der Waals surface area contributed by atoms with Gasteiger partial charge in [0.2, 0.25) is 0 Å². The molecular weight excluding hydrogens is 322 g/mol. The zero-order valence-corrected chi connectivity index (χ0v) is 14.7. The van der Waals surface area contributed by atoms with Crippen LogP contribution in [0, 0.1) is 11.3 Å². The van der Waals surface area contributed by atoms with Gasteiger partial charge in [0.1, 0.15) is 0 Å². The van der Waals surface area contributed by atoms with Gasteiger partial charge in [-0.3, -0.25) is 4.90 Å². The van der Waals surface area contributed by atoms with E-state index in [1.807, 2.05) is 37.2 Å². The molecule has 1 aromatic carbocycles. The van der Waals surface area contributed by atoms with Gasteiger partial charge in [0, 0.05) is 25.7 Å². The summed E-state index contributed by atoms with van der Waals surface area (Å²) in [6, 6.07) is 11.9. The van der Waals surface area contributed by atoms with E-state index in [0.29, 0.717) is 10.6 Å². The van der Waals surface area contributed by atoms with E-state index < -0.39 is 0 Å². The van der Waals surface area contributed by atoms with E-state index in [9.17, 15) is 0 Å². The van der Waals surface area contributed by atoms with Crippen molar-refractivity contribution in [2.75, 3.05) is 25.5 Å². The van der Waals surface area contributed by atoms with Gasteiger partial charge in [0.15, 0.2) is 5.82 Å². The lowest BCUT2D eigenvalue weighted by atomic mass is 10.1. The third-order valence-corrected chi connectivity index (χ3v) is 4.74. The van der Waals surface area contributed by atoms with Gasteiger partial charge in [0.05, 0.1) is 23.4 Å². The van der Waals surface area contributed by atoms with Crippen molar-refractivity contribution in [1.29, 1.82) is 5.26 Å².